The molecule has 5 aromatic rings. The second kappa shape index (κ2) is 15.2. The number of benzene rings is 3. The zero-order valence-corrected chi connectivity index (χ0v) is 27.9. The van der Waals surface area contributed by atoms with Crippen LogP contribution >= 0.6 is 11.6 Å². The molecule has 0 bridgehead atoms. The Morgan fingerprint density at radius 2 is 1.17 bits per heavy atom. The highest BCUT2D eigenvalue weighted by Gasteiger charge is 2.26. The molecule has 3 aromatic carbocycles. The number of halogens is 1. The number of hydrogen-bond acceptors (Lipinski definition) is 9. The van der Waals surface area contributed by atoms with Crippen LogP contribution in [0.5, 0.6) is 0 Å². The molecule has 0 aliphatic heterocycles. The molecule has 0 amide bonds. The first-order chi connectivity index (χ1) is 22.4. The van der Waals surface area contributed by atoms with Gasteiger partial charge in [-0.3, -0.25) is 14.4 Å². The summed E-state index contributed by atoms with van der Waals surface area (Å²) >= 11 is 5.72. The van der Waals surface area contributed by atoms with E-state index in [1.54, 1.807) is 26.0 Å². The first-order valence-corrected chi connectivity index (χ1v) is 18.0. The molecule has 0 aliphatic rings. The van der Waals surface area contributed by atoms with E-state index in [2.05, 4.69) is 9.97 Å². The van der Waals surface area contributed by atoms with Crippen LogP contribution in [0, 0.1) is 0 Å². The van der Waals surface area contributed by atoms with E-state index in [4.69, 9.17) is 11.6 Å². The molecule has 0 atom stereocenters. The molecule has 5 rings (SSSR count). The van der Waals surface area contributed by atoms with Crippen molar-refractivity contribution < 1.29 is 21.6 Å². The molecular weight excluding hydrogens is 664 g/mol. The molecule has 2 heterocycles. The average Bonchev–Trinajstić information content (AvgIpc) is 3.06. The number of Topliss-reactive ketones (excluding diaryl/α,β-unsaturated/α-hetero) is 1. The lowest BCUT2D eigenvalue weighted by atomic mass is 10.0. The number of ketones is 1. The summed E-state index contributed by atoms with van der Waals surface area (Å²) in [6, 6.07) is 23.0. The lowest BCUT2D eigenvalue weighted by Crippen LogP contribution is -2.29. The number of aryl methyl sites for hydroxylation is 2. The summed E-state index contributed by atoms with van der Waals surface area (Å²) in [6.07, 6.45) is 5.44. The zero-order chi connectivity index (χ0) is 34.2. The van der Waals surface area contributed by atoms with Crippen LogP contribution in [-0.4, -0.2) is 47.5 Å². The van der Waals surface area contributed by atoms with Gasteiger partial charge < -0.3 is 9.13 Å². The van der Waals surface area contributed by atoms with Gasteiger partial charge in [-0.1, -0.05) is 66.2 Å². The molecule has 0 saturated heterocycles. The summed E-state index contributed by atoms with van der Waals surface area (Å²) in [5, 5.41) is -0.571. The minimum absolute atomic E-state index is 0.208. The molecule has 0 spiro atoms. The Labute approximate surface area is 277 Å². The molecule has 0 fully saturated rings. The summed E-state index contributed by atoms with van der Waals surface area (Å²) in [5.41, 5.74) is 1.59. The van der Waals surface area contributed by atoms with Gasteiger partial charge >= 0.3 is 0 Å². The number of sulfone groups is 2. The topological polar surface area (TPSA) is 155 Å². The second-order valence-corrected chi connectivity index (χ2v) is 14.4. The second-order valence-electron chi connectivity index (χ2n) is 10.2. The normalized spacial score (nSPS) is 11.4. The van der Waals surface area contributed by atoms with Gasteiger partial charge in [0.05, 0.1) is 5.75 Å². The molecule has 0 saturated carbocycles. The smallest absolute Gasteiger partial charge is 0.288 e. The predicted octanol–water partition coefficient (Wildman–Crippen LogP) is 4.48. The van der Waals surface area contributed by atoms with Gasteiger partial charge in [-0.2, -0.15) is 0 Å². The molecule has 14 heteroatoms. The van der Waals surface area contributed by atoms with Gasteiger partial charge in [-0.15, -0.1) is 0 Å². The van der Waals surface area contributed by atoms with E-state index in [9.17, 15) is 31.2 Å². The summed E-state index contributed by atoms with van der Waals surface area (Å²) in [7, 11) is -7.91. The van der Waals surface area contributed by atoms with Gasteiger partial charge in [0, 0.05) is 48.5 Å². The molecule has 0 N–H and O–H groups in total. The van der Waals surface area contributed by atoms with Gasteiger partial charge in [0.15, 0.2) is 5.78 Å². The quantitative estimate of drug-likeness (QED) is 0.193. The van der Waals surface area contributed by atoms with Crippen molar-refractivity contribution in [2.24, 2.45) is 0 Å². The maximum atomic E-state index is 12.6. The van der Waals surface area contributed by atoms with Crippen LogP contribution in [-0.2, 0) is 38.5 Å². The van der Waals surface area contributed by atoms with Crippen molar-refractivity contribution >= 4 is 37.1 Å². The van der Waals surface area contributed by atoms with Crippen molar-refractivity contribution in [3.8, 4) is 11.1 Å². The van der Waals surface area contributed by atoms with Gasteiger partial charge in [0.2, 0.25) is 29.7 Å². The van der Waals surface area contributed by atoms with Crippen LogP contribution in [0.1, 0.15) is 29.8 Å². The molecule has 244 valence electrons. The highest BCUT2D eigenvalue weighted by molar-refractivity contribution is 7.92. The van der Waals surface area contributed by atoms with Gasteiger partial charge in [0.1, 0.15) is 5.75 Å². The molecule has 0 radical (unpaired) electrons. The first kappa shape index (κ1) is 35.1. The van der Waals surface area contributed by atoms with Crippen molar-refractivity contribution in [2.45, 2.75) is 42.7 Å². The van der Waals surface area contributed by atoms with E-state index >= 15 is 0 Å². The van der Waals surface area contributed by atoms with Crippen LogP contribution in [0.3, 0.4) is 0 Å². The largest absolute Gasteiger partial charge is 0.312 e. The van der Waals surface area contributed by atoms with Crippen LogP contribution in [0.15, 0.2) is 123 Å². The summed E-state index contributed by atoms with van der Waals surface area (Å²) < 4.78 is 52.2. The van der Waals surface area contributed by atoms with E-state index < -0.39 is 52.4 Å². The van der Waals surface area contributed by atoms with Crippen LogP contribution in [0.4, 0.5) is 0 Å². The number of rotatable bonds is 10. The Balaban J connectivity index is 0.000000215. The molecular formula is C33H31ClN4O7S2. The van der Waals surface area contributed by atoms with E-state index in [1.165, 1.54) is 58.2 Å². The Hall–Kier alpha value is -4.72. The fraction of sp³-hybridized carbons (Fsp3) is 0.182. The van der Waals surface area contributed by atoms with Gasteiger partial charge in [-0.25, -0.2) is 26.8 Å². The van der Waals surface area contributed by atoms with Crippen molar-refractivity contribution in [3.63, 3.8) is 0 Å². The van der Waals surface area contributed by atoms with E-state index in [0.29, 0.717) is 23.7 Å². The SMILES string of the molecule is CCn1ccnc(S(=O)(=O)CC(=O)c2ccc(Cl)cc2)c1=O.CCn1ccnc(S(=O)(=O)Cc2ccc(-c3ccccc3)cc2)c1=O. The lowest BCUT2D eigenvalue weighted by Gasteiger charge is -2.07. The summed E-state index contributed by atoms with van der Waals surface area (Å²) in [5.74, 6) is -1.69. The molecule has 0 aliphatic carbocycles. The van der Waals surface area contributed by atoms with E-state index in [0.717, 1.165) is 11.1 Å². The predicted molar refractivity (Wildman–Crippen MR) is 179 cm³/mol. The highest BCUT2D eigenvalue weighted by Crippen LogP contribution is 2.21. The van der Waals surface area contributed by atoms with Crippen molar-refractivity contribution in [1.29, 1.82) is 0 Å². The first-order valence-electron chi connectivity index (χ1n) is 14.4. The number of carbonyl (C=O) groups excluding carboxylic acids is 1. The Morgan fingerprint density at radius 3 is 1.68 bits per heavy atom. The average molecular weight is 695 g/mol. The Kier molecular flexibility index (Phi) is 11.4. The maximum Gasteiger partial charge on any atom is 0.288 e. The third-order valence-corrected chi connectivity index (χ3v) is 10.3. The fourth-order valence-electron chi connectivity index (χ4n) is 4.45. The van der Waals surface area contributed by atoms with E-state index in [1.807, 2.05) is 42.5 Å². The zero-order valence-electron chi connectivity index (χ0n) is 25.5. The third-order valence-electron chi connectivity index (χ3n) is 6.94. The number of carbonyl (C=O) groups is 1. The summed E-state index contributed by atoms with van der Waals surface area (Å²) in [4.78, 5) is 43.7. The van der Waals surface area contributed by atoms with Crippen LogP contribution < -0.4 is 11.1 Å². The molecule has 2 aromatic heterocycles. The molecule has 0 unspecified atom stereocenters. The monoisotopic (exact) mass is 694 g/mol. The third kappa shape index (κ3) is 8.76. The minimum Gasteiger partial charge on any atom is -0.312 e. The van der Waals surface area contributed by atoms with Crippen molar-refractivity contribution in [3.05, 3.63) is 141 Å². The highest BCUT2D eigenvalue weighted by atomic mass is 35.5. The van der Waals surface area contributed by atoms with Crippen molar-refractivity contribution in [2.75, 3.05) is 5.75 Å². The van der Waals surface area contributed by atoms with Crippen LogP contribution in [0.2, 0.25) is 5.02 Å². The molecule has 11 nitrogen and oxygen atoms in total. The van der Waals surface area contributed by atoms with Gasteiger partial charge in [-0.05, 0) is 54.8 Å². The number of nitrogens with zero attached hydrogens (tertiary/aromatic N) is 4. The maximum absolute atomic E-state index is 12.6. The Morgan fingerprint density at radius 1 is 0.681 bits per heavy atom. The fourth-order valence-corrected chi connectivity index (χ4v) is 7.20. The van der Waals surface area contributed by atoms with E-state index in [-0.39, 0.29) is 11.3 Å². The Bertz CT molecular complexity index is 2200. The number of hydrogen-bond donors (Lipinski definition) is 0. The lowest BCUT2D eigenvalue weighted by molar-refractivity contribution is 0.102. The van der Waals surface area contributed by atoms with Gasteiger partial charge in [0.25, 0.3) is 11.1 Å². The molecule has 47 heavy (non-hydrogen) atoms. The number of aromatic nitrogens is 4. The summed E-state index contributed by atoms with van der Waals surface area (Å²) in [6.45, 7) is 4.20. The standard InChI is InChI=1S/C19H18N2O3S.C14H13ClN2O4S/c1-2-21-13-12-20-18(19(21)22)25(23,24)14-15-8-10-17(11-9-15)16-6-4-3-5-7-16;1-2-17-8-7-16-13(14(17)19)22(20,21)9-12(18)10-3-5-11(15)6-4-10/h3-13H,2,14H2,1H3;3-8H,2,9H2,1H3. The van der Waals surface area contributed by atoms with Crippen molar-refractivity contribution in [1.82, 2.24) is 19.1 Å². The minimum atomic E-state index is -4.11. The van der Waals surface area contributed by atoms with Crippen LogP contribution in [0.25, 0.3) is 11.1 Å².